The van der Waals surface area contributed by atoms with Crippen molar-refractivity contribution in [3.8, 4) is 50.6 Å². The molecule has 10 aromatic rings. The van der Waals surface area contributed by atoms with Crippen LogP contribution in [0.4, 0.5) is 4.39 Å². The molecule has 4 nitrogen and oxygen atoms in total. The number of halogens is 1. The molecule has 0 aliphatic carbocycles. The van der Waals surface area contributed by atoms with Crippen molar-refractivity contribution in [3.05, 3.63) is 198 Å². The van der Waals surface area contributed by atoms with Gasteiger partial charge in [-0.25, -0.2) is 0 Å². The van der Waals surface area contributed by atoms with E-state index in [0.29, 0.717) is 0 Å². The molecule has 3 aromatic heterocycles. The molecule has 3 heterocycles. The third-order valence-corrected chi connectivity index (χ3v) is 11.2. The van der Waals surface area contributed by atoms with Crippen LogP contribution in [0.3, 0.4) is 0 Å². The third kappa shape index (κ3) is 8.42. The van der Waals surface area contributed by atoms with E-state index in [-0.39, 0.29) is 43.2 Å². The summed E-state index contributed by atoms with van der Waals surface area (Å²) in [4.78, 5) is 9.13. The first-order valence-electron chi connectivity index (χ1n) is 25.1. The van der Waals surface area contributed by atoms with E-state index in [1.165, 1.54) is 45.1 Å². The minimum absolute atomic E-state index is 0. The van der Waals surface area contributed by atoms with Crippen LogP contribution in [0, 0.1) is 38.5 Å². The van der Waals surface area contributed by atoms with Crippen molar-refractivity contribution in [2.24, 2.45) is 0 Å². The van der Waals surface area contributed by atoms with Gasteiger partial charge in [-0.2, -0.15) is 0 Å². The molecule has 0 aliphatic heterocycles. The maximum Gasteiger partial charge on any atom is 3.00 e. The molecule has 312 valence electrons. The Bertz CT molecular complexity index is 3500. The van der Waals surface area contributed by atoms with E-state index in [1.807, 2.05) is 18.2 Å². The maximum absolute atomic E-state index is 13.1. The van der Waals surface area contributed by atoms with Gasteiger partial charge in [-0.05, 0) is 107 Å². The van der Waals surface area contributed by atoms with Gasteiger partial charge in [0.25, 0.3) is 0 Å². The summed E-state index contributed by atoms with van der Waals surface area (Å²) >= 11 is 0. The first-order chi connectivity index (χ1) is 33.7. The minimum Gasteiger partial charge on any atom is -0.501 e. The Morgan fingerprint density at radius 2 is 1.37 bits per heavy atom. The summed E-state index contributed by atoms with van der Waals surface area (Å²) in [5.74, 6) is 0.802. The second-order valence-electron chi connectivity index (χ2n) is 15.9. The molecule has 63 heavy (non-hydrogen) atoms. The van der Waals surface area contributed by atoms with Gasteiger partial charge in [0, 0.05) is 34.9 Å². The van der Waals surface area contributed by atoms with Crippen LogP contribution in [-0.2, 0) is 20.1 Å². The number of aromatic nitrogens is 3. The zero-order chi connectivity index (χ0) is 50.6. The number of nitrogens with zero attached hydrogens (tertiary/aromatic N) is 3. The molecule has 0 fully saturated rings. The number of para-hydroxylation sites is 3. The minimum atomic E-state index is -2.98. The number of fused-ring (bicyclic) bond motifs is 4. The molecular weight excluding hydrogens is 954 g/mol. The summed E-state index contributed by atoms with van der Waals surface area (Å²) in [7, 11) is 0. The summed E-state index contributed by atoms with van der Waals surface area (Å²) in [5, 5.41) is 2.18. The first kappa shape index (κ1) is 33.1. The standard InChI is InChI=1S/C43H35N2O.C14H13FN.Ir/c1-27(2)36-25-32(31-23-21-30(22-24-31)29-13-6-5-7-14-29)26-37(28(3)4)41(36)45-39-19-10-9-18-38(39)44-43(45)35-17-12-16-34-33-15-8-11-20-40(33)46-42(34)35;1-9-8-14(16-11(3)10(9)2)12-4-6-13(15)7-5-12;/h5-16,18-28H,1-4H3;4,6-8H,1-3H3;/q2*-1;+3/i;1D3,2D3,3D3;. The number of hydrogen-bond donors (Lipinski definition) is 0. The molecule has 10 rings (SSSR count). The van der Waals surface area contributed by atoms with Gasteiger partial charge >= 0.3 is 20.1 Å². The summed E-state index contributed by atoms with van der Waals surface area (Å²) in [6.45, 7) is 0.352. The van der Waals surface area contributed by atoms with Crippen LogP contribution in [0.5, 0.6) is 0 Å². The average molecular weight is 1010 g/mol. The van der Waals surface area contributed by atoms with Crippen LogP contribution in [0.1, 0.15) is 79.8 Å². The van der Waals surface area contributed by atoms with Crippen molar-refractivity contribution in [2.45, 2.75) is 60.1 Å². The van der Waals surface area contributed by atoms with Crippen LogP contribution in [0.15, 0.2) is 156 Å². The molecule has 0 aliphatic rings. The smallest absolute Gasteiger partial charge is 0.501 e. The number of benzene rings is 7. The molecule has 0 bridgehead atoms. The SMILES string of the molecule is CC(C)c1cc(-c2ccc(-c3ccccc3)cc2)cc(C(C)C)c1-[n+]1c(-c2[c-]ccc3c2oc2ccccc23)[n-]c2ccccc21.[2H]C([2H])([2H])c1cc(-c2[c-]cc(F)cc2)nc(C([2H])([2H])[2H])c1C([2H])([2H])[2H].[Ir+3]. The molecule has 7 aromatic carbocycles. The molecule has 0 unspecified atom stereocenters. The fourth-order valence-electron chi connectivity index (χ4n) is 8.00. The van der Waals surface area contributed by atoms with Gasteiger partial charge in [0.15, 0.2) is 0 Å². The molecule has 0 atom stereocenters. The van der Waals surface area contributed by atoms with E-state index in [2.05, 4.69) is 159 Å². The first-order valence-corrected chi connectivity index (χ1v) is 20.6. The summed E-state index contributed by atoms with van der Waals surface area (Å²) in [5.41, 5.74) is 11.0. The second-order valence-corrected chi connectivity index (χ2v) is 15.9. The van der Waals surface area contributed by atoms with Gasteiger partial charge in [0.1, 0.15) is 5.58 Å². The van der Waals surface area contributed by atoms with Crippen LogP contribution in [0.2, 0.25) is 0 Å². The molecule has 0 saturated heterocycles. The molecule has 0 saturated carbocycles. The number of aryl methyl sites for hydroxylation is 2. The fourth-order valence-corrected chi connectivity index (χ4v) is 8.00. The van der Waals surface area contributed by atoms with Crippen molar-refractivity contribution in [1.82, 2.24) is 9.97 Å². The number of rotatable bonds is 7. The zero-order valence-corrected chi connectivity index (χ0v) is 37.4. The zero-order valence-electron chi connectivity index (χ0n) is 44.0. The van der Waals surface area contributed by atoms with E-state index in [4.69, 9.17) is 21.7 Å². The van der Waals surface area contributed by atoms with Crippen LogP contribution in [-0.4, -0.2) is 4.98 Å². The molecule has 0 spiro atoms. The Morgan fingerprint density at radius 1 is 0.683 bits per heavy atom. The summed E-state index contributed by atoms with van der Waals surface area (Å²) in [6, 6.07) is 55.4. The van der Waals surface area contributed by atoms with Gasteiger partial charge in [-0.1, -0.05) is 135 Å². The van der Waals surface area contributed by atoms with Crippen LogP contribution >= 0.6 is 0 Å². The van der Waals surface area contributed by atoms with Gasteiger partial charge < -0.3 is 14.0 Å². The van der Waals surface area contributed by atoms with E-state index >= 15 is 0 Å². The number of imidazole rings is 1. The van der Waals surface area contributed by atoms with Crippen molar-refractivity contribution in [1.29, 1.82) is 0 Å². The normalized spacial score (nSPS) is 14.0. The maximum atomic E-state index is 13.1. The number of hydrogen-bond acceptors (Lipinski definition) is 2. The molecule has 0 N–H and O–H groups in total. The van der Waals surface area contributed by atoms with E-state index < -0.39 is 43.2 Å². The quantitative estimate of drug-likeness (QED) is 0.118. The molecule has 0 amide bonds. The van der Waals surface area contributed by atoms with Crippen molar-refractivity contribution in [3.63, 3.8) is 0 Å². The molecule has 6 heteroatoms. The van der Waals surface area contributed by atoms with Crippen molar-refractivity contribution in [2.75, 3.05) is 0 Å². The monoisotopic (exact) mass is 1010 g/mol. The van der Waals surface area contributed by atoms with Crippen molar-refractivity contribution >= 4 is 33.0 Å². The Hall–Kier alpha value is -6.46. The Balaban J connectivity index is 0.000000227. The topological polar surface area (TPSA) is 44.0 Å². The molecule has 0 radical (unpaired) electrons. The Labute approximate surface area is 395 Å². The Morgan fingerprint density at radius 3 is 2.05 bits per heavy atom. The van der Waals surface area contributed by atoms with Crippen LogP contribution in [0.25, 0.3) is 83.6 Å². The number of pyridine rings is 1. The summed E-state index contributed by atoms with van der Waals surface area (Å²) in [6.07, 6.45) is 0. The molecular formula is C57H48FIrN3O+. The van der Waals surface area contributed by atoms with E-state index in [0.717, 1.165) is 62.6 Å². The Kier molecular flexibility index (Phi) is 9.52. The van der Waals surface area contributed by atoms with Gasteiger partial charge in [0.2, 0.25) is 0 Å². The van der Waals surface area contributed by atoms with Crippen LogP contribution < -0.4 is 9.55 Å². The fraction of sp³-hybridized carbons (Fsp3) is 0.158. The van der Waals surface area contributed by atoms with Gasteiger partial charge in [-0.3, -0.25) is 9.37 Å². The second kappa shape index (κ2) is 18.1. The van der Waals surface area contributed by atoms with E-state index in [1.54, 1.807) is 0 Å². The summed E-state index contributed by atoms with van der Waals surface area (Å²) < 4.78 is 90.0. The van der Waals surface area contributed by atoms with Crippen molar-refractivity contribution < 1.29 is 45.8 Å². The van der Waals surface area contributed by atoms with E-state index in [9.17, 15) is 4.39 Å². The third-order valence-electron chi connectivity index (χ3n) is 11.2. The number of furan rings is 1. The average Bonchev–Trinajstić information content (AvgIpc) is 3.92. The largest absolute Gasteiger partial charge is 3.00 e. The predicted molar refractivity (Wildman–Crippen MR) is 252 cm³/mol. The van der Waals surface area contributed by atoms with Gasteiger partial charge in [-0.15, -0.1) is 48.0 Å². The predicted octanol–water partition coefficient (Wildman–Crippen LogP) is 14.6. The van der Waals surface area contributed by atoms with Gasteiger partial charge in [0.05, 0.1) is 22.4 Å².